The molecule has 0 atom stereocenters. The van der Waals surface area contributed by atoms with Gasteiger partial charge in [-0.15, -0.1) is 22.7 Å². The molecular formula is C16H16N2O2S3. The normalized spacial score (nSPS) is 11.6. The summed E-state index contributed by atoms with van der Waals surface area (Å²) in [5, 5.41) is 4.62. The Balaban J connectivity index is 1.89. The maximum atomic E-state index is 12.6. The number of nitrogens with zero attached hydrogens (tertiary/aromatic N) is 1. The van der Waals surface area contributed by atoms with Crippen molar-refractivity contribution in [2.24, 2.45) is 0 Å². The van der Waals surface area contributed by atoms with E-state index in [-0.39, 0.29) is 0 Å². The number of aromatic nitrogens is 1. The Morgan fingerprint density at radius 3 is 2.26 bits per heavy atom. The first-order valence-electron chi connectivity index (χ1n) is 6.96. The van der Waals surface area contributed by atoms with Gasteiger partial charge in [0.2, 0.25) is 0 Å². The monoisotopic (exact) mass is 364 g/mol. The number of thiophene rings is 1. The molecule has 120 valence electrons. The van der Waals surface area contributed by atoms with E-state index in [1.807, 2.05) is 49.7 Å². The van der Waals surface area contributed by atoms with Gasteiger partial charge in [0.15, 0.2) is 0 Å². The summed E-state index contributed by atoms with van der Waals surface area (Å²) in [5.41, 5.74) is 4.41. The maximum Gasteiger partial charge on any atom is 0.271 e. The molecule has 2 aromatic heterocycles. The van der Waals surface area contributed by atoms with Crippen LogP contribution < -0.4 is 4.72 Å². The van der Waals surface area contributed by atoms with Crippen molar-refractivity contribution in [2.75, 3.05) is 4.72 Å². The molecule has 3 aromatic rings. The van der Waals surface area contributed by atoms with Crippen LogP contribution in [0.2, 0.25) is 0 Å². The van der Waals surface area contributed by atoms with E-state index in [1.165, 1.54) is 22.7 Å². The average molecular weight is 365 g/mol. The molecule has 1 N–H and O–H groups in total. The number of nitrogens with one attached hydrogen (secondary N) is 1. The topological polar surface area (TPSA) is 59.1 Å². The van der Waals surface area contributed by atoms with Crippen LogP contribution in [0, 0.1) is 20.8 Å². The highest BCUT2D eigenvalue weighted by molar-refractivity contribution is 7.94. The zero-order chi connectivity index (χ0) is 16.6. The Morgan fingerprint density at radius 1 is 0.957 bits per heavy atom. The van der Waals surface area contributed by atoms with Crippen molar-refractivity contribution in [3.8, 4) is 10.6 Å². The standard InChI is InChI=1S/C16H16N2O2S3/c1-10-4-11(2)6-14(5-10)18-23(19,20)15-7-13(9-21-15)16-17-12(3)8-22-16/h4-9,18H,1-3H3. The summed E-state index contributed by atoms with van der Waals surface area (Å²) in [6, 6.07) is 7.33. The summed E-state index contributed by atoms with van der Waals surface area (Å²) in [5.74, 6) is 0. The second-order valence-electron chi connectivity index (χ2n) is 5.43. The second-order valence-corrected chi connectivity index (χ2v) is 9.11. The van der Waals surface area contributed by atoms with Crippen LogP contribution in [0.15, 0.2) is 39.2 Å². The lowest BCUT2D eigenvalue weighted by atomic mass is 10.1. The lowest BCUT2D eigenvalue weighted by molar-refractivity contribution is 0.603. The summed E-state index contributed by atoms with van der Waals surface area (Å²) in [6.45, 7) is 5.81. The Kier molecular flexibility index (Phi) is 4.27. The van der Waals surface area contributed by atoms with E-state index in [2.05, 4.69) is 9.71 Å². The van der Waals surface area contributed by atoms with Gasteiger partial charge in [-0.25, -0.2) is 13.4 Å². The molecule has 7 heteroatoms. The van der Waals surface area contributed by atoms with Crippen LogP contribution in [-0.4, -0.2) is 13.4 Å². The number of aryl methyl sites for hydroxylation is 3. The van der Waals surface area contributed by atoms with E-state index in [1.54, 1.807) is 6.07 Å². The molecule has 0 aliphatic carbocycles. The van der Waals surface area contributed by atoms with Crippen molar-refractivity contribution in [3.05, 3.63) is 51.8 Å². The van der Waals surface area contributed by atoms with Crippen molar-refractivity contribution in [1.82, 2.24) is 4.98 Å². The van der Waals surface area contributed by atoms with Crippen LogP contribution >= 0.6 is 22.7 Å². The van der Waals surface area contributed by atoms with Crippen LogP contribution in [0.1, 0.15) is 16.8 Å². The van der Waals surface area contributed by atoms with E-state index in [9.17, 15) is 8.42 Å². The number of sulfonamides is 1. The lowest BCUT2D eigenvalue weighted by Gasteiger charge is -2.08. The molecule has 0 saturated heterocycles. The first kappa shape index (κ1) is 16.2. The van der Waals surface area contributed by atoms with Gasteiger partial charge in [-0.05, 0) is 50.1 Å². The fourth-order valence-electron chi connectivity index (χ4n) is 2.30. The van der Waals surface area contributed by atoms with E-state index < -0.39 is 10.0 Å². The lowest BCUT2D eigenvalue weighted by Crippen LogP contribution is -2.11. The van der Waals surface area contributed by atoms with Gasteiger partial charge < -0.3 is 0 Å². The minimum Gasteiger partial charge on any atom is -0.279 e. The van der Waals surface area contributed by atoms with E-state index in [4.69, 9.17) is 0 Å². The van der Waals surface area contributed by atoms with Gasteiger partial charge in [0.05, 0.1) is 0 Å². The summed E-state index contributed by atoms with van der Waals surface area (Å²) in [7, 11) is -3.58. The SMILES string of the molecule is Cc1cc(C)cc(NS(=O)(=O)c2cc(-c3nc(C)cs3)cs2)c1. The third-order valence-corrected chi connectivity index (χ3v) is 7.01. The van der Waals surface area contributed by atoms with Gasteiger partial charge in [-0.2, -0.15) is 0 Å². The number of anilines is 1. The van der Waals surface area contributed by atoms with Gasteiger partial charge >= 0.3 is 0 Å². The van der Waals surface area contributed by atoms with Crippen LogP contribution in [0.5, 0.6) is 0 Å². The van der Waals surface area contributed by atoms with Gasteiger partial charge in [-0.1, -0.05) is 6.07 Å². The maximum absolute atomic E-state index is 12.6. The van der Waals surface area contributed by atoms with Crippen molar-refractivity contribution in [1.29, 1.82) is 0 Å². The fourth-order valence-corrected chi connectivity index (χ4v) is 5.36. The Hall–Kier alpha value is -1.70. The molecule has 0 radical (unpaired) electrons. The molecule has 4 nitrogen and oxygen atoms in total. The fraction of sp³-hybridized carbons (Fsp3) is 0.188. The highest BCUT2D eigenvalue weighted by Gasteiger charge is 2.18. The van der Waals surface area contributed by atoms with Crippen LogP contribution in [0.4, 0.5) is 5.69 Å². The Bertz CT molecular complexity index is 935. The number of benzene rings is 1. The summed E-state index contributed by atoms with van der Waals surface area (Å²) in [4.78, 5) is 4.39. The molecular weight excluding hydrogens is 348 g/mol. The molecule has 0 bridgehead atoms. The molecule has 0 spiro atoms. The largest absolute Gasteiger partial charge is 0.279 e. The number of thiazole rings is 1. The van der Waals surface area contributed by atoms with Gasteiger partial charge in [0, 0.05) is 27.7 Å². The molecule has 0 fully saturated rings. The smallest absolute Gasteiger partial charge is 0.271 e. The second kappa shape index (κ2) is 6.07. The van der Waals surface area contributed by atoms with Gasteiger partial charge in [0.25, 0.3) is 10.0 Å². The zero-order valence-corrected chi connectivity index (χ0v) is 15.4. The summed E-state index contributed by atoms with van der Waals surface area (Å²) in [6.07, 6.45) is 0. The van der Waals surface area contributed by atoms with Gasteiger partial charge in [-0.3, -0.25) is 4.72 Å². The first-order valence-corrected chi connectivity index (χ1v) is 10.2. The first-order chi connectivity index (χ1) is 10.8. The Morgan fingerprint density at radius 2 is 1.65 bits per heavy atom. The quantitative estimate of drug-likeness (QED) is 0.736. The zero-order valence-electron chi connectivity index (χ0n) is 13.0. The Labute approximate surface area is 143 Å². The van der Waals surface area contributed by atoms with Crippen molar-refractivity contribution >= 4 is 38.4 Å². The third-order valence-electron chi connectivity index (χ3n) is 3.18. The molecule has 0 unspecified atom stereocenters. The van der Waals surface area contributed by atoms with E-state index in [0.29, 0.717) is 9.90 Å². The summed E-state index contributed by atoms with van der Waals surface area (Å²) >= 11 is 2.72. The number of hydrogen-bond donors (Lipinski definition) is 1. The molecule has 1 aromatic carbocycles. The number of rotatable bonds is 4. The molecule has 0 saturated carbocycles. The highest BCUT2D eigenvalue weighted by Crippen LogP contribution is 2.31. The molecule has 3 rings (SSSR count). The van der Waals surface area contributed by atoms with Crippen LogP contribution in [0.3, 0.4) is 0 Å². The van der Waals surface area contributed by atoms with Crippen molar-refractivity contribution in [2.45, 2.75) is 25.0 Å². The van der Waals surface area contributed by atoms with Crippen LogP contribution in [-0.2, 0) is 10.0 Å². The van der Waals surface area contributed by atoms with E-state index >= 15 is 0 Å². The third kappa shape index (κ3) is 3.63. The van der Waals surface area contributed by atoms with Crippen LogP contribution in [0.25, 0.3) is 10.6 Å². The van der Waals surface area contributed by atoms with E-state index in [0.717, 1.165) is 27.4 Å². The minimum absolute atomic E-state index is 0.291. The highest BCUT2D eigenvalue weighted by atomic mass is 32.2. The minimum atomic E-state index is -3.58. The molecule has 0 amide bonds. The molecule has 0 aliphatic rings. The predicted octanol–water partition coefficient (Wildman–Crippen LogP) is 4.60. The number of hydrogen-bond acceptors (Lipinski definition) is 5. The molecule has 0 aliphatic heterocycles. The summed E-state index contributed by atoms with van der Waals surface area (Å²) < 4.78 is 28.1. The molecule has 2 heterocycles. The van der Waals surface area contributed by atoms with Gasteiger partial charge in [0.1, 0.15) is 9.22 Å². The van der Waals surface area contributed by atoms with Crippen molar-refractivity contribution < 1.29 is 8.42 Å². The predicted molar refractivity (Wildman–Crippen MR) is 96.9 cm³/mol. The average Bonchev–Trinajstić information content (AvgIpc) is 3.05. The van der Waals surface area contributed by atoms with Crippen molar-refractivity contribution in [3.63, 3.8) is 0 Å². The molecule has 23 heavy (non-hydrogen) atoms.